The highest BCUT2D eigenvalue weighted by Crippen LogP contribution is 2.41. The average Bonchev–Trinajstić information content (AvgIpc) is 3.26. The second-order valence-electron chi connectivity index (χ2n) is 9.54. The molecule has 0 spiro atoms. The predicted octanol–water partition coefficient (Wildman–Crippen LogP) is 3.01. The van der Waals surface area contributed by atoms with Crippen molar-refractivity contribution in [2.24, 2.45) is 11.7 Å². The standard InChI is InChI=1S/C25H24ClF2N5O5S/c26-15-1-4-17(5-2-15)33-21-23(30-22(33)18-6-3-16(27)11-19(18)28)31(12-14-7-9-39(37,38)10-8-14)25(36)32(24(21)35)13-20(29)34/h1-6,11,14,24,35H,7-10,12-13H2,(H2,29,34). The van der Waals surface area contributed by atoms with Gasteiger partial charge < -0.3 is 10.8 Å². The van der Waals surface area contributed by atoms with Crippen LogP contribution in [0.15, 0.2) is 42.5 Å². The Labute approximate surface area is 227 Å². The van der Waals surface area contributed by atoms with Crippen LogP contribution in [0.5, 0.6) is 0 Å². The minimum absolute atomic E-state index is 0.00433. The maximum Gasteiger partial charge on any atom is 0.328 e. The van der Waals surface area contributed by atoms with Crippen LogP contribution in [0.3, 0.4) is 0 Å². The third-order valence-electron chi connectivity index (χ3n) is 6.86. The number of nitrogens with zero attached hydrogens (tertiary/aromatic N) is 4. The van der Waals surface area contributed by atoms with Gasteiger partial charge in [-0.2, -0.15) is 0 Å². The van der Waals surface area contributed by atoms with E-state index in [4.69, 9.17) is 17.3 Å². The van der Waals surface area contributed by atoms with Crippen molar-refractivity contribution in [3.8, 4) is 17.1 Å². The van der Waals surface area contributed by atoms with Crippen molar-refractivity contribution in [1.29, 1.82) is 0 Å². The van der Waals surface area contributed by atoms with E-state index in [1.54, 1.807) is 24.3 Å². The lowest BCUT2D eigenvalue weighted by atomic mass is 10.0. The summed E-state index contributed by atoms with van der Waals surface area (Å²) in [7, 11) is -3.17. The van der Waals surface area contributed by atoms with Crippen molar-refractivity contribution in [1.82, 2.24) is 14.5 Å². The fourth-order valence-electron chi connectivity index (χ4n) is 4.92. The summed E-state index contributed by atoms with van der Waals surface area (Å²) in [5.41, 5.74) is 5.70. The molecule has 3 aromatic rings. The Morgan fingerprint density at radius 1 is 1.13 bits per heavy atom. The van der Waals surface area contributed by atoms with Crippen LogP contribution in [-0.4, -0.2) is 64.5 Å². The van der Waals surface area contributed by atoms with Crippen LogP contribution in [-0.2, 0) is 14.6 Å². The highest BCUT2D eigenvalue weighted by atomic mass is 35.5. The lowest BCUT2D eigenvalue weighted by molar-refractivity contribution is -0.120. The number of sulfone groups is 1. The SMILES string of the molecule is NC(=O)CN1C(=O)N(CC2CCS(=O)(=O)CC2)c2nc(-c3ccc(F)cc3F)n(-c3ccc(Cl)cc3)c2C1O. The first-order valence-electron chi connectivity index (χ1n) is 12.0. The maximum atomic E-state index is 15.0. The summed E-state index contributed by atoms with van der Waals surface area (Å²) in [4.78, 5) is 32.1. The van der Waals surface area contributed by atoms with Gasteiger partial charge in [-0.1, -0.05) is 11.6 Å². The molecular formula is C25H24ClF2N5O5S. The number of hydrogen-bond acceptors (Lipinski definition) is 6. The lowest BCUT2D eigenvalue weighted by Gasteiger charge is -2.39. The molecule has 1 saturated heterocycles. The van der Waals surface area contributed by atoms with Crippen LogP contribution in [0.25, 0.3) is 17.1 Å². The number of nitrogens with two attached hydrogens (primary N) is 1. The summed E-state index contributed by atoms with van der Waals surface area (Å²) in [6.07, 6.45) is -1.10. The van der Waals surface area contributed by atoms with E-state index in [0.29, 0.717) is 29.6 Å². The molecule has 0 aliphatic carbocycles. The Morgan fingerprint density at radius 3 is 2.41 bits per heavy atom. The molecule has 0 bridgehead atoms. The molecule has 3 amide bonds. The molecule has 2 aliphatic rings. The number of primary amides is 1. The number of fused-ring (bicyclic) bond motifs is 1. The van der Waals surface area contributed by atoms with Crippen molar-refractivity contribution in [2.45, 2.75) is 19.1 Å². The van der Waals surface area contributed by atoms with Gasteiger partial charge in [0.15, 0.2) is 12.0 Å². The number of aliphatic hydroxyl groups excluding tert-OH is 1. The summed E-state index contributed by atoms with van der Waals surface area (Å²) in [5.74, 6) is -2.94. The van der Waals surface area contributed by atoms with E-state index in [1.165, 1.54) is 15.5 Å². The molecule has 3 heterocycles. The molecular weight excluding hydrogens is 556 g/mol. The van der Waals surface area contributed by atoms with Crippen LogP contribution in [0.4, 0.5) is 19.4 Å². The van der Waals surface area contributed by atoms with Gasteiger partial charge in [0.2, 0.25) is 5.91 Å². The molecule has 206 valence electrons. The number of benzene rings is 2. The number of rotatable bonds is 6. The Morgan fingerprint density at radius 2 is 1.79 bits per heavy atom. The fraction of sp³-hybridized carbons (Fsp3) is 0.320. The number of halogens is 3. The second kappa shape index (κ2) is 10.2. The molecule has 1 atom stereocenters. The molecule has 2 aliphatic heterocycles. The van der Waals surface area contributed by atoms with E-state index in [2.05, 4.69) is 4.98 Å². The Hall–Kier alpha value is -3.55. The van der Waals surface area contributed by atoms with Crippen molar-refractivity contribution in [3.63, 3.8) is 0 Å². The lowest BCUT2D eigenvalue weighted by Crippen LogP contribution is -2.54. The highest BCUT2D eigenvalue weighted by molar-refractivity contribution is 7.91. The van der Waals surface area contributed by atoms with Crippen molar-refractivity contribution < 1.29 is 31.9 Å². The first-order valence-corrected chi connectivity index (χ1v) is 14.2. The predicted molar refractivity (Wildman–Crippen MR) is 139 cm³/mol. The largest absolute Gasteiger partial charge is 0.368 e. The Bertz CT molecular complexity index is 1550. The first kappa shape index (κ1) is 27.0. The van der Waals surface area contributed by atoms with E-state index in [9.17, 15) is 27.5 Å². The van der Waals surface area contributed by atoms with Crippen LogP contribution in [0.1, 0.15) is 24.8 Å². The number of aromatic nitrogens is 2. The van der Waals surface area contributed by atoms with E-state index in [1.807, 2.05) is 0 Å². The van der Waals surface area contributed by atoms with Crippen molar-refractivity contribution in [2.75, 3.05) is 29.5 Å². The monoisotopic (exact) mass is 579 g/mol. The molecule has 14 heteroatoms. The minimum atomic E-state index is -3.17. The summed E-state index contributed by atoms with van der Waals surface area (Å²) in [5, 5.41) is 11.8. The van der Waals surface area contributed by atoms with Crippen LogP contribution < -0.4 is 10.6 Å². The normalized spacial score (nSPS) is 19.3. The summed E-state index contributed by atoms with van der Waals surface area (Å²) < 4.78 is 54.1. The van der Waals surface area contributed by atoms with Gasteiger partial charge in [0, 0.05) is 23.3 Å². The molecule has 0 radical (unpaired) electrons. The number of carbonyl (C=O) groups excluding carboxylic acids is 2. The van der Waals surface area contributed by atoms with E-state index >= 15 is 4.39 Å². The zero-order valence-corrected chi connectivity index (χ0v) is 22.0. The Balaban J connectivity index is 1.71. The van der Waals surface area contributed by atoms with Gasteiger partial charge >= 0.3 is 6.03 Å². The van der Waals surface area contributed by atoms with Crippen LogP contribution in [0, 0.1) is 17.6 Å². The molecule has 10 nitrogen and oxygen atoms in total. The Kier molecular flexibility index (Phi) is 7.08. The number of hydrogen-bond donors (Lipinski definition) is 2. The third kappa shape index (κ3) is 5.21. The second-order valence-corrected chi connectivity index (χ2v) is 12.3. The molecule has 1 fully saturated rings. The summed E-state index contributed by atoms with van der Waals surface area (Å²) in [6, 6.07) is 8.48. The number of imidazole rings is 1. The van der Waals surface area contributed by atoms with Gasteiger partial charge in [0.25, 0.3) is 0 Å². The smallest absolute Gasteiger partial charge is 0.328 e. The van der Waals surface area contributed by atoms with E-state index < -0.39 is 46.2 Å². The number of aliphatic hydroxyl groups is 1. The minimum Gasteiger partial charge on any atom is -0.368 e. The summed E-state index contributed by atoms with van der Waals surface area (Å²) >= 11 is 6.06. The fourth-order valence-corrected chi connectivity index (χ4v) is 6.63. The molecule has 1 unspecified atom stereocenters. The number of carbonyl (C=O) groups is 2. The van der Waals surface area contributed by atoms with Gasteiger partial charge in [-0.25, -0.2) is 27.0 Å². The van der Waals surface area contributed by atoms with Gasteiger partial charge in [0.05, 0.1) is 17.1 Å². The van der Waals surface area contributed by atoms with Crippen molar-refractivity contribution in [3.05, 3.63) is 64.8 Å². The van der Waals surface area contributed by atoms with Gasteiger partial charge in [0.1, 0.15) is 39.5 Å². The van der Waals surface area contributed by atoms with Gasteiger partial charge in [-0.3, -0.25) is 19.2 Å². The number of amides is 3. The molecule has 1 aromatic heterocycles. The average molecular weight is 580 g/mol. The summed E-state index contributed by atoms with van der Waals surface area (Å²) in [6.45, 7) is -0.590. The number of anilines is 1. The van der Waals surface area contributed by atoms with Crippen LogP contribution in [0.2, 0.25) is 5.02 Å². The third-order valence-corrected chi connectivity index (χ3v) is 8.83. The quantitative estimate of drug-likeness (QED) is 0.460. The molecule has 39 heavy (non-hydrogen) atoms. The van der Waals surface area contributed by atoms with Crippen LogP contribution >= 0.6 is 11.6 Å². The molecule has 0 saturated carbocycles. The van der Waals surface area contributed by atoms with E-state index in [0.717, 1.165) is 11.0 Å². The van der Waals surface area contributed by atoms with E-state index in [-0.39, 0.29) is 46.9 Å². The highest BCUT2D eigenvalue weighted by Gasteiger charge is 2.44. The maximum absolute atomic E-state index is 15.0. The van der Waals surface area contributed by atoms with Gasteiger partial charge in [-0.15, -0.1) is 0 Å². The molecule has 3 N–H and O–H groups in total. The number of urea groups is 1. The van der Waals surface area contributed by atoms with Gasteiger partial charge in [-0.05, 0) is 55.2 Å². The first-order chi connectivity index (χ1) is 18.4. The zero-order chi connectivity index (χ0) is 28.1. The topological polar surface area (TPSA) is 139 Å². The van der Waals surface area contributed by atoms with Crippen molar-refractivity contribution >= 4 is 39.2 Å². The molecule has 2 aromatic carbocycles. The zero-order valence-electron chi connectivity index (χ0n) is 20.4. The molecule has 5 rings (SSSR count).